The second-order valence-corrected chi connectivity index (χ2v) is 7.22. The average Bonchev–Trinajstić information content (AvgIpc) is 2.79. The van der Waals surface area contributed by atoms with Gasteiger partial charge in [-0.1, -0.05) is 30.7 Å². The fourth-order valence-corrected chi connectivity index (χ4v) is 4.55. The molecule has 0 aliphatic carbocycles. The summed E-state index contributed by atoms with van der Waals surface area (Å²) >= 11 is 0. The standard InChI is InChI=1S/C20H20N4O2/c1-5-15-18(4)25-16(14-8-12(2)6-7-13(14)3)19(9-21,10-22)20(15,11-23)17(24)26-18/h6-8,15-16,24H,5H2,1-4H3. The number of benzene rings is 1. The third-order valence-corrected chi connectivity index (χ3v) is 5.84. The van der Waals surface area contributed by atoms with Gasteiger partial charge in [-0.05, 0) is 31.4 Å². The molecule has 1 N–H and O–H groups in total. The Balaban J connectivity index is 2.38. The monoisotopic (exact) mass is 348 g/mol. The maximum absolute atomic E-state index is 10.1. The Hall–Kier alpha value is -2.88. The van der Waals surface area contributed by atoms with Crippen molar-refractivity contribution in [2.45, 2.75) is 46.0 Å². The Morgan fingerprint density at radius 2 is 1.81 bits per heavy atom. The van der Waals surface area contributed by atoms with Crippen LogP contribution >= 0.6 is 0 Å². The lowest BCUT2D eigenvalue weighted by atomic mass is 9.53. The van der Waals surface area contributed by atoms with E-state index in [-0.39, 0.29) is 5.90 Å². The summed E-state index contributed by atoms with van der Waals surface area (Å²) in [6, 6.07) is 12.0. The minimum atomic E-state index is -1.88. The quantitative estimate of drug-likeness (QED) is 0.876. The van der Waals surface area contributed by atoms with E-state index in [1.54, 1.807) is 6.92 Å². The van der Waals surface area contributed by atoms with Crippen LogP contribution in [0.2, 0.25) is 0 Å². The third kappa shape index (κ3) is 1.84. The first-order valence-corrected chi connectivity index (χ1v) is 8.53. The van der Waals surface area contributed by atoms with Crippen LogP contribution in [0.5, 0.6) is 0 Å². The van der Waals surface area contributed by atoms with Gasteiger partial charge < -0.3 is 9.47 Å². The van der Waals surface area contributed by atoms with Crippen molar-refractivity contribution < 1.29 is 9.47 Å². The third-order valence-electron chi connectivity index (χ3n) is 5.84. The van der Waals surface area contributed by atoms with Crippen LogP contribution in [0, 0.1) is 70.0 Å². The first-order valence-electron chi connectivity index (χ1n) is 8.53. The van der Waals surface area contributed by atoms with Gasteiger partial charge >= 0.3 is 0 Å². The van der Waals surface area contributed by atoms with Crippen LogP contribution in [0.15, 0.2) is 18.2 Å². The van der Waals surface area contributed by atoms with Gasteiger partial charge in [0, 0.05) is 6.92 Å². The molecule has 6 heteroatoms. The van der Waals surface area contributed by atoms with E-state index in [4.69, 9.17) is 14.9 Å². The highest BCUT2D eigenvalue weighted by atomic mass is 16.7. The summed E-state index contributed by atoms with van der Waals surface area (Å²) in [6.45, 7) is 7.32. The zero-order valence-corrected chi connectivity index (χ0v) is 15.3. The Morgan fingerprint density at radius 3 is 2.35 bits per heavy atom. The van der Waals surface area contributed by atoms with Crippen molar-refractivity contribution >= 4 is 5.90 Å². The van der Waals surface area contributed by atoms with Crippen molar-refractivity contribution in [3.05, 3.63) is 34.9 Å². The van der Waals surface area contributed by atoms with Gasteiger partial charge in [-0.2, -0.15) is 15.8 Å². The molecule has 2 aliphatic heterocycles. The lowest BCUT2D eigenvalue weighted by Crippen LogP contribution is -2.58. The molecule has 26 heavy (non-hydrogen) atoms. The molecule has 0 saturated carbocycles. The summed E-state index contributed by atoms with van der Waals surface area (Å²) in [5.74, 6) is -2.18. The zero-order chi connectivity index (χ0) is 19.3. The maximum Gasteiger partial charge on any atom is 0.214 e. The number of aryl methyl sites for hydroxylation is 2. The molecule has 6 nitrogen and oxygen atoms in total. The SMILES string of the molecule is CCC1C2(C)OC(=N)C1(C#N)C(C#N)(C#N)C(c1cc(C)ccc1C)O2. The number of rotatable bonds is 2. The number of ether oxygens (including phenoxy) is 2. The van der Waals surface area contributed by atoms with E-state index in [2.05, 4.69) is 18.2 Å². The van der Waals surface area contributed by atoms with Crippen LogP contribution < -0.4 is 0 Å². The van der Waals surface area contributed by atoms with Crippen molar-refractivity contribution in [1.82, 2.24) is 0 Å². The lowest BCUT2D eigenvalue weighted by Gasteiger charge is -2.48. The van der Waals surface area contributed by atoms with Crippen molar-refractivity contribution in [2.24, 2.45) is 16.7 Å². The predicted octanol–water partition coefficient (Wildman–Crippen LogP) is 3.67. The second-order valence-electron chi connectivity index (χ2n) is 7.22. The van der Waals surface area contributed by atoms with Crippen molar-refractivity contribution in [1.29, 1.82) is 21.2 Å². The first-order chi connectivity index (χ1) is 12.3. The second kappa shape index (κ2) is 5.56. The molecule has 4 unspecified atom stereocenters. The smallest absolute Gasteiger partial charge is 0.214 e. The Labute approximate surface area is 153 Å². The average molecular weight is 348 g/mol. The van der Waals surface area contributed by atoms with Gasteiger partial charge in [0.15, 0.2) is 5.41 Å². The number of fused-ring (bicyclic) bond motifs is 2. The number of nitrogens with one attached hydrogen (secondary N) is 1. The van der Waals surface area contributed by atoms with E-state index in [0.29, 0.717) is 12.0 Å². The van der Waals surface area contributed by atoms with Gasteiger partial charge in [0.25, 0.3) is 0 Å². The van der Waals surface area contributed by atoms with E-state index in [1.807, 2.05) is 39.0 Å². The minimum Gasteiger partial charge on any atom is -0.448 e. The topological polar surface area (TPSA) is 114 Å². The Morgan fingerprint density at radius 1 is 1.15 bits per heavy atom. The highest BCUT2D eigenvalue weighted by Gasteiger charge is 2.78. The van der Waals surface area contributed by atoms with E-state index < -0.39 is 28.6 Å². The maximum atomic E-state index is 10.1. The van der Waals surface area contributed by atoms with E-state index in [9.17, 15) is 15.8 Å². The molecule has 2 saturated heterocycles. The zero-order valence-electron chi connectivity index (χ0n) is 15.3. The number of nitrogens with zero attached hydrogens (tertiary/aromatic N) is 3. The van der Waals surface area contributed by atoms with Crippen molar-refractivity contribution in [2.75, 3.05) is 0 Å². The predicted molar refractivity (Wildman–Crippen MR) is 92.4 cm³/mol. The summed E-state index contributed by atoms with van der Waals surface area (Å²) in [5, 5.41) is 38.7. The normalized spacial score (nSPS) is 34.3. The summed E-state index contributed by atoms with van der Waals surface area (Å²) < 4.78 is 11.9. The van der Waals surface area contributed by atoms with Crippen LogP contribution in [-0.4, -0.2) is 11.7 Å². The highest BCUT2D eigenvalue weighted by Crippen LogP contribution is 2.67. The fourth-order valence-electron chi connectivity index (χ4n) is 4.55. The molecule has 0 aromatic heterocycles. The first kappa shape index (κ1) is 17.9. The molecular formula is C20H20N4O2. The Bertz CT molecular complexity index is 905. The van der Waals surface area contributed by atoms with Crippen LogP contribution in [0.4, 0.5) is 0 Å². The van der Waals surface area contributed by atoms with Crippen molar-refractivity contribution in [3.8, 4) is 18.2 Å². The fraction of sp³-hybridized carbons (Fsp3) is 0.500. The minimum absolute atomic E-state index is 0.356. The molecular weight excluding hydrogens is 328 g/mol. The summed E-state index contributed by atoms with van der Waals surface area (Å²) in [5.41, 5.74) is -1.08. The van der Waals surface area contributed by atoms with Gasteiger partial charge in [0.2, 0.25) is 17.1 Å². The molecule has 2 fully saturated rings. The van der Waals surface area contributed by atoms with Crippen LogP contribution in [-0.2, 0) is 9.47 Å². The van der Waals surface area contributed by atoms with E-state index in [1.165, 1.54) is 0 Å². The summed E-state index contributed by atoms with van der Waals surface area (Å²) in [4.78, 5) is 0. The van der Waals surface area contributed by atoms with Gasteiger partial charge in [0.05, 0.1) is 24.1 Å². The van der Waals surface area contributed by atoms with Gasteiger partial charge in [0.1, 0.15) is 6.10 Å². The number of hydrogen-bond donors (Lipinski definition) is 1. The molecule has 1 aromatic carbocycles. The summed E-state index contributed by atoms with van der Waals surface area (Å²) in [7, 11) is 0. The van der Waals surface area contributed by atoms with E-state index >= 15 is 0 Å². The Kier molecular flexibility index (Phi) is 3.83. The molecule has 0 spiro atoms. The van der Waals surface area contributed by atoms with Crippen LogP contribution in [0.1, 0.15) is 43.1 Å². The number of hydrogen-bond acceptors (Lipinski definition) is 6. The molecule has 4 atom stereocenters. The molecule has 0 radical (unpaired) electrons. The van der Waals surface area contributed by atoms with Crippen LogP contribution in [0.25, 0.3) is 0 Å². The van der Waals surface area contributed by atoms with Gasteiger partial charge in [-0.25, -0.2) is 0 Å². The van der Waals surface area contributed by atoms with E-state index in [0.717, 1.165) is 11.1 Å². The molecule has 0 amide bonds. The molecule has 2 aliphatic rings. The molecule has 1 aromatic rings. The molecule has 2 heterocycles. The highest BCUT2D eigenvalue weighted by molar-refractivity contribution is 5.89. The molecule has 3 rings (SSSR count). The molecule has 2 bridgehead atoms. The lowest BCUT2D eigenvalue weighted by molar-refractivity contribution is -0.273. The number of nitriles is 3. The largest absolute Gasteiger partial charge is 0.448 e. The van der Waals surface area contributed by atoms with Gasteiger partial charge in [-0.15, -0.1) is 0 Å². The van der Waals surface area contributed by atoms with Gasteiger partial charge in [-0.3, -0.25) is 5.41 Å². The van der Waals surface area contributed by atoms with Crippen LogP contribution in [0.3, 0.4) is 0 Å². The summed E-state index contributed by atoms with van der Waals surface area (Å²) in [6.07, 6.45) is -0.551. The van der Waals surface area contributed by atoms with Crippen molar-refractivity contribution in [3.63, 3.8) is 0 Å². The molecule has 132 valence electrons.